The summed E-state index contributed by atoms with van der Waals surface area (Å²) in [5, 5.41) is 10.5. The highest BCUT2D eigenvalue weighted by Gasteiger charge is 2.52. The van der Waals surface area contributed by atoms with E-state index in [0.717, 1.165) is 25.9 Å². The molecule has 1 aliphatic heterocycles. The first-order valence-corrected chi connectivity index (χ1v) is 6.15. The minimum absolute atomic E-state index is 0.412. The van der Waals surface area contributed by atoms with Crippen LogP contribution in [0.1, 0.15) is 30.7 Å². The largest absolute Gasteiger partial charge is 0.387 e. The summed E-state index contributed by atoms with van der Waals surface area (Å²) < 4.78 is 5.42. The first-order valence-electron chi connectivity index (χ1n) is 6.15. The second-order valence-electron chi connectivity index (χ2n) is 5.12. The van der Waals surface area contributed by atoms with E-state index in [1.54, 1.807) is 0 Å². The maximum absolute atomic E-state index is 10.5. The molecule has 1 saturated heterocycles. The van der Waals surface area contributed by atoms with Gasteiger partial charge in [-0.3, -0.25) is 0 Å². The summed E-state index contributed by atoms with van der Waals surface area (Å²) in [6.07, 6.45) is 3.01. The smallest absolute Gasteiger partial charge is 0.0914 e. The lowest BCUT2D eigenvalue weighted by Crippen LogP contribution is -2.41. The Balaban J connectivity index is 1.71. The maximum atomic E-state index is 10.5. The minimum Gasteiger partial charge on any atom is -0.387 e. The number of rotatable bonds is 2. The van der Waals surface area contributed by atoms with E-state index in [9.17, 15) is 5.11 Å². The normalized spacial score (nSPS) is 38.3. The molecule has 16 heavy (non-hydrogen) atoms. The quantitative estimate of drug-likeness (QED) is 0.825. The van der Waals surface area contributed by atoms with Crippen molar-refractivity contribution >= 4 is 0 Å². The standard InChI is InChI=1S/C14H18O2/c15-14(7-4-8-16-10-14)13-9-12(13)11-5-2-1-3-6-11/h1-3,5-6,12-13,15H,4,7-10H2. The van der Waals surface area contributed by atoms with E-state index in [2.05, 4.69) is 24.3 Å². The molecule has 0 aromatic heterocycles. The fourth-order valence-corrected chi connectivity index (χ4v) is 2.95. The number of benzene rings is 1. The summed E-state index contributed by atoms with van der Waals surface area (Å²) in [6, 6.07) is 10.5. The molecule has 0 radical (unpaired) electrons. The van der Waals surface area contributed by atoms with E-state index in [0.29, 0.717) is 18.4 Å². The molecule has 0 bridgehead atoms. The van der Waals surface area contributed by atoms with Crippen LogP contribution in [0, 0.1) is 5.92 Å². The van der Waals surface area contributed by atoms with Crippen LogP contribution in [0.15, 0.2) is 30.3 Å². The zero-order chi connectivity index (χ0) is 11.0. The van der Waals surface area contributed by atoms with Gasteiger partial charge < -0.3 is 9.84 Å². The van der Waals surface area contributed by atoms with Crippen LogP contribution in [-0.4, -0.2) is 23.9 Å². The van der Waals surface area contributed by atoms with E-state index in [1.165, 1.54) is 5.56 Å². The third kappa shape index (κ3) is 1.76. The SMILES string of the molecule is OC1(C2CC2c2ccccc2)CCCOC1. The topological polar surface area (TPSA) is 29.5 Å². The zero-order valence-corrected chi connectivity index (χ0v) is 9.43. The summed E-state index contributed by atoms with van der Waals surface area (Å²) in [5.41, 5.74) is 0.810. The van der Waals surface area contributed by atoms with Crippen LogP contribution in [0.3, 0.4) is 0 Å². The van der Waals surface area contributed by atoms with Gasteiger partial charge in [0.15, 0.2) is 0 Å². The number of hydrogen-bond donors (Lipinski definition) is 1. The van der Waals surface area contributed by atoms with Crippen molar-refractivity contribution in [1.82, 2.24) is 0 Å². The summed E-state index contributed by atoms with van der Waals surface area (Å²) in [6.45, 7) is 1.34. The lowest BCUT2D eigenvalue weighted by atomic mass is 9.89. The molecule has 2 heteroatoms. The van der Waals surface area contributed by atoms with E-state index in [-0.39, 0.29) is 0 Å². The second kappa shape index (κ2) is 3.86. The molecule has 3 atom stereocenters. The lowest BCUT2D eigenvalue weighted by molar-refractivity contribution is -0.0996. The van der Waals surface area contributed by atoms with Crippen LogP contribution >= 0.6 is 0 Å². The second-order valence-corrected chi connectivity index (χ2v) is 5.12. The molecule has 1 heterocycles. The molecule has 3 rings (SSSR count). The van der Waals surface area contributed by atoms with Crippen LogP contribution in [0.5, 0.6) is 0 Å². The van der Waals surface area contributed by atoms with Gasteiger partial charge in [0.05, 0.1) is 12.2 Å². The Morgan fingerprint density at radius 3 is 2.75 bits per heavy atom. The van der Waals surface area contributed by atoms with Gasteiger partial charge in [0.2, 0.25) is 0 Å². The summed E-state index contributed by atoms with van der Waals surface area (Å²) in [7, 11) is 0. The van der Waals surface area contributed by atoms with E-state index in [4.69, 9.17) is 4.74 Å². The molecule has 86 valence electrons. The average molecular weight is 218 g/mol. The molecule has 2 nitrogen and oxygen atoms in total. The first kappa shape index (κ1) is 10.3. The molecule has 1 N–H and O–H groups in total. The Kier molecular flexibility index (Phi) is 2.49. The van der Waals surface area contributed by atoms with Crippen molar-refractivity contribution in [3.05, 3.63) is 35.9 Å². The van der Waals surface area contributed by atoms with E-state index in [1.807, 2.05) is 6.07 Å². The van der Waals surface area contributed by atoms with Crippen molar-refractivity contribution < 1.29 is 9.84 Å². The van der Waals surface area contributed by atoms with Crippen LogP contribution in [0.25, 0.3) is 0 Å². The monoisotopic (exact) mass is 218 g/mol. The van der Waals surface area contributed by atoms with Crippen LogP contribution < -0.4 is 0 Å². The maximum Gasteiger partial charge on any atom is 0.0914 e. The van der Waals surface area contributed by atoms with Crippen molar-refractivity contribution in [2.75, 3.05) is 13.2 Å². The van der Waals surface area contributed by atoms with Crippen molar-refractivity contribution in [2.45, 2.75) is 30.8 Å². The lowest BCUT2D eigenvalue weighted by Gasteiger charge is -2.32. The Labute approximate surface area is 96.2 Å². The third-order valence-electron chi connectivity index (χ3n) is 3.96. The van der Waals surface area contributed by atoms with Crippen molar-refractivity contribution in [3.8, 4) is 0 Å². The van der Waals surface area contributed by atoms with Crippen LogP contribution in [0.4, 0.5) is 0 Å². The molecule has 1 saturated carbocycles. The molecule has 0 amide bonds. The Morgan fingerprint density at radius 1 is 1.25 bits per heavy atom. The molecule has 0 spiro atoms. The predicted octanol–water partition coefficient (Wildman–Crippen LogP) is 2.33. The average Bonchev–Trinajstić information content (AvgIpc) is 3.12. The van der Waals surface area contributed by atoms with Crippen LogP contribution in [0.2, 0.25) is 0 Å². The summed E-state index contributed by atoms with van der Waals surface area (Å²) in [4.78, 5) is 0. The van der Waals surface area contributed by atoms with Gasteiger partial charge in [-0.15, -0.1) is 0 Å². The van der Waals surface area contributed by atoms with Gasteiger partial charge in [-0.05, 0) is 36.7 Å². The van der Waals surface area contributed by atoms with Crippen LogP contribution in [-0.2, 0) is 4.74 Å². The molecular formula is C14H18O2. The van der Waals surface area contributed by atoms with Crippen molar-refractivity contribution in [1.29, 1.82) is 0 Å². The number of aliphatic hydroxyl groups is 1. The molecule has 2 fully saturated rings. The molecule has 1 aromatic rings. The Hall–Kier alpha value is -0.860. The van der Waals surface area contributed by atoms with Gasteiger partial charge in [-0.1, -0.05) is 30.3 Å². The van der Waals surface area contributed by atoms with Gasteiger partial charge in [0.25, 0.3) is 0 Å². The van der Waals surface area contributed by atoms with Gasteiger partial charge in [0.1, 0.15) is 0 Å². The van der Waals surface area contributed by atoms with E-state index >= 15 is 0 Å². The molecule has 3 unspecified atom stereocenters. The molecule has 2 aliphatic rings. The third-order valence-corrected chi connectivity index (χ3v) is 3.96. The summed E-state index contributed by atoms with van der Waals surface area (Å²) in [5.74, 6) is 0.961. The zero-order valence-electron chi connectivity index (χ0n) is 9.43. The highest BCUT2D eigenvalue weighted by molar-refractivity contribution is 5.27. The minimum atomic E-state index is -0.557. The Morgan fingerprint density at radius 2 is 2.06 bits per heavy atom. The highest BCUT2D eigenvalue weighted by Crippen LogP contribution is 2.55. The van der Waals surface area contributed by atoms with E-state index < -0.39 is 5.60 Å². The fraction of sp³-hybridized carbons (Fsp3) is 0.571. The molecule has 1 aromatic carbocycles. The number of hydrogen-bond acceptors (Lipinski definition) is 2. The summed E-state index contributed by atoms with van der Waals surface area (Å²) >= 11 is 0. The highest BCUT2D eigenvalue weighted by atomic mass is 16.5. The first-order chi connectivity index (χ1) is 7.80. The predicted molar refractivity (Wildman–Crippen MR) is 62.3 cm³/mol. The van der Waals surface area contributed by atoms with Crippen molar-refractivity contribution in [3.63, 3.8) is 0 Å². The van der Waals surface area contributed by atoms with Gasteiger partial charge in [-0.2, -0.15) is 0 Å². The van der Waals surface area contributed by atoms with Gasteiger partial charge in [-0.25, -0.2) is 0 Å². The fourth-order valence-electron chi connectivity index (χ4n) is 2.95. The van der Waals surface area contributed by atoms with Gasteiger partial charge in [0, 0.05) is 6.61 Å². The Bertz CT molecular complexity index is 354. The molecular weight excluding hydrogens is 200 g/mol. The van der Waals surface area contributed by atoms with Gasteiger partial charge >= 0.3 is 0 Å². The molecule has 1 aliphatic carbocycles. The van der Waals surface area contributed by atoms with Crippen molar-refractivity contribution in [2.24, 2.45) is 5.92 Å². The number of ether oxygens (including phenoxy) is 1.